The Labute approximate surface area is 281 Å². The molecule has 51 heavy (non-hydrogen) atoms. The van der Waals surface area contributed by atoms with Crippen molar-refractivity contribution in [3.8, 4) is 0 Å². The monoisotopic (exact) mass is 788 g/mol. The van der Waals surface area contributed by atoms with Gasteiger partial charge in [-0.05, 0) is 44.2 Å². The minimum absolute atomic E-state index is 0.0345. The van der Waals surface area contributed by atoms with E-state index in [9.17, 15) is 78.8 Å². The van der Waals surface area contributed by atoms with Gasteiger partial charge in [0, 0.05) is 5.56 Å². The zero-order chi connectivity index (χ0) is 39.1. The molecule has 0 amide bonds. The molecule has 0 atom stereocenters. The van der Waals surface area contributed by atoms with Gasteiger partial charge in [-0.15, -0.1) is 0 Å². The van der Waals surface area contributed by atoms with Crippen LogP contribution < -0.4 is 0 Å². The normalized spacial score (nSPS) is 13.2. The summed E-state index contributed by atoms with van der Waals surface area (Å²) in [4.78, 5) is -0.0283. The standard InChI is InChI=1S/C20H19S.C11HF15O3S/c1-16-13-14-20(17(2)15-16)21(18-9-5-3-6-10-18)19-11-7-4-8-12-19;12-7(13,14)1-2(8(15,16)17)4(10(21,22)23)6(30(27,28)29)5(11(24,25)26)3(1)9(18,19)20/h3-15H,1-2H3;(H,27,28,29)/q+1;/p-1. The van der Waals surface area contributed by atoms with Crippen LogP contribution in [0.3, 0.4) is 0 Å². The third kappa shape index (κ3) is 9.50. The van der Waals surface area contributed by atoms with E-state index >= 15 is 0 Å². The SMILES string of the molecule is Cc1ccc([S+](c2ccccc2)c2ccccc2)c(C)c1.O=S(=O)([O-])c1c(C(F)(F)F)c(C(F)(F)F)c(C(F)(F)F)c(C(F)(F)F)c1C(F)(F)F. The van der Waals surface area contributed by atoms with Crippen LogP contribution in [0.2, 0.25) is 0 Å². The molecule has 0 aromatic heterocycles. The van der Waals surface area contributed by atoms with E-state index in [1.54, 1.807) is 0 Å². The number of benzene rings is 4. The van der Waals surface area contributed by atoms with Crippen molar-refractivity contribution in [2.75, 3.05) is 0 Å². The molecule has 0 spiro atoms. The molecule has 0 saturated heterocycles. The Kier molecular flexibility index (Phi) is 11.6. The minimum atomic E-state index is -7.52. The molecule has 0 N–H and O–H groups in total. The third-order valence-electron chi connectivity index (χ3n) is 6.63. The number of hydrogen-bond acceptors (Lipinski definition) is 3. The van der Waals surface area contributed by atoms with E-state index in [-0.39, 0.29) is 10.9 Å². The molecule has 4 aromatic carbocycles. The number of halogens is 15. The van der Waals surface area contributed by atoms with Crippen LogP contribution in [-0.4, -0.2) is 13.0 Å². The predicted octanol–water partition coefficient (Wildman–Crippen LogP) is 11.1. The second kappa shape index (κ2) is 14.3. The fourth-order valence-electron chi connectivity index (χ4n) is 4.90. The lowest BCUT2D eigenvalue weighted by Crippen LogP contribution is -2.34. The zero-order valence-electron chi connectivity index (χ0n) is 25.2. The highest BCUT2D eigenvalue weighted by Crippen LogP contribution is 2.57. The Balaban J connectivity index is 0.000000291. The van der Waals surface area contributed by atoms with Crippen molar-refractivity contribution in [3.63, 3.8) is 0 Å². The maximum Gasteiger partial charge on any atom is 0.418 e. The first-order valence-corrected chi connectivity index (χ1v) is 16.1. The van der Waals surface area contributed by atoms with Crippen molar-refractivity contribution >= 4 is 21.0 Å². The summed E-state index contributed by atoms with van der Waals surface area (Å²) >= 11 is 0. The Bertz CT molecular complexity index is 1870. The highest BCUT2D eigenvalue weighted by atomic mass is 32.2. The Morgan fingerprint density at radius 2 is 0.804 bits per heavy atom. The first-order chi connectivity index (χ1) is 23.0. The first kappa shape index (κ1) is 41.5. The summed E-state index contributed by atoms with van der Waals surface area (Å²) in [5.74, 6) is 0. The van der Waals surface area contributed by atoms with Crippen molar-refractivity contribution < 1.29 is 78.8 Å². The van der Waals surface area contributed by atoms with E-state index in [1.165, 1.54) is 25.8 Å². The Hall–Kier alpha value is -3.91. The lowest BCUT2D eigenvalue weighted by atomic mass is 9.89. The summed E-state index contributed by atoms with van der Waals surface area (Å²) in [7, 11) is -7.55. The fraction of sp³-hybridized carbons (Fsp3) is 0.226. The summed E-state index contributed by atoms with van der Waals surface area (Å²) in [6.45, 7) is 4.37. The molecule has 0 fully saturated rings. The third-order valence-corrected chi connectivity index (χ3v) is 9.92. The summed E-state index contributed by atoms with van der Waals surface area (Å²) in [5.41, 5.74) is -19.5. The molecule has 0 aliphatic heterocycles. The van der Waals surface area contributed by atoms with Crippen molar-refractivity contribution in [1.82, 2.24) is 0 Å². The van der Waals surface area contributed by atoms with Gasteiger partial charge in [0.1, 0.15) is 10.1 Å². The van der Waals surface area contributed by atoms with Gasteiger partial charge in [0.25, 0.3) is 0 Å². The van der Waals surface area contributed by atoms with Crippen molar-refractivity contribution in [1.29, 1.82) is 0 Å². The van der Waals surface area contributed by atoms with E-state index in [1.807, 2.05) is 0 Å². The van der Waals surface area contributed by atoms with Crippen LogP contribution in [-0.2, 0) is 51.9 Å². The topological polar surface area (TPSA) is 57.2 Å². The van der Waals surface area contributed by atoms with Crippen LogP contribution in [0.5, 0.6) is 0 Å². The first-order valence-electron chi connectivity index (χ1n) is 13.5. The van der Waals surface area contributed by atoms with Gasteiger partial charge >= 0.3 is 30.9 Å². The summed E-state index contributed by atoms with van der Waals surface area (Å²) in [6, 6.07) is 28.4. The molecular weight excluding hydrogens is 769 g/mol. The second-order valence-electron chi connectivity index (χ2n) is 10.3. The summed E-state index contributed by atoms with van der Waals surface area (Å²) in [5, 5.41) is 0. The second-order valence-corrected chi connectivity index (χ2v) is 13.7. The molecule has 0 aliphatic rings. The predicted molar refractivity (Wildman–Crippen MR) is 150 cm³/mol. The van der Waals surface area contributed by atoms with Gasteiger partial charge in [0.2, 0.25) is 0 Å². The summed E-state index contributed by atoms with van der Waals surface area (Å²) < 4.78 is 228. The zero-order valence-corrected chi connectivity index (χ0v) is 26.8. The molecule has 0 radical (unpaired) electrons. The number of aryl methyl sites for hydroxylation is 2. The highest BCUT2D eigenvalue weighted by molar-refractivity contribution is 7.97. The van der Waals surface area contributed by atoms with E-state index in [4.69, 9.17) is 0 Å². The van der Waals surface area contributed by atoms with Crippen LogP contribution >= 0.6 is 0 Å². The maximum atomic E-state index is 13.0. The molecule has 0 aliphatic carbocycles. The maximum absolute atomic E-state index is 13.0. The molecule has 0 unspecified atom stereocenters. The largest absolute Gasteiger partial charge is 0.744 e. The van der Waals surface area contributed by atoms with E-state index in [0.717, 1.165) is 0 Å². The molecule has 4 rings (SSSR count). The number of hydrogen-bond donors (Lipinski definition) is 0. The average Bonchev–Trinajstić information content (AvgIpc) is 2.95. The van der Waals surface area contributed by atoms with Crippen molar-refractivity contribution in [2.45, 2.75) is 64.3 Å². The van der Waals surface area contributed by atoms with Gasteiger partial charge in [-0.25, -0.2) is 8.42 Å². The number of rotatable bonds is 4. The van der Waals surface area contributed by atoms with Gasteiger partial charge in [0.05, 0.1) is 43.6 Å². The summed E-state index contributed by atoms with van der Waals surface area (Å²) in [6.07, 6.45) is -35.6. The van der Waals surface area contributed by atoms with Crippen molar-refractivity contribution in [2.24, 2.45) is 0 Å². The van der Waals surface area contributed by atoms with Gasteiger partial charge in [-0.2, -0.15) is 65.9 Å². The van der Waals surface area contributed by atoms with Crippen LogP contribution in [0, 0.1) is 13.8 Å². The van der Waals surface area contributed by atoms with Gasteiger partial charge in [0.15, 0.2) is 14.7 Å². The van der Waals surface area contributed by atoms with Crippen LogP contribution in [0.25, 0.3) is 0 Å². The fourth-order valence-corrected chi connectivity index (χ4v) is 8.06. The van der Waals surface area contributed by atoms with E-state index in [2.05, 4.69) is 92.7 Å². The molecule has 3 nitrogen and oxygen atoms in total. The highest BCUT2D eigenvalue weighted by Gasteiger charge is 2.61. The molecule has 0 heterocycles. The van der Waals surface area contributed by atoms with Crippen LogP contribution in [0.15, 0.2) is 98.4 Å². The van der Waals surface area contributed by atoms with Crippen LogP contribution in [0.1, 0.15) is 38.9 Å². The lowest BCUT2D eigenvalue weighted by Gasteiger charge is -2.31. The smallest absolute Gasteiger partial charge is 0.418 e. The molecule has 20 heteroatoms. The van der Waals surface area contributed by atoms with Gasteiger partial charge in [-0.3, -0.25) is 0 Å². The Morgan fingerprint density at radius 1 is 0.490 bits per heavy atom. The number of alkyl halides is 15. The van der Waals surface area contributed by atoms with E-state index in [0.29, 0.717) is 0 Å². The molecule has 4 aromatic rings. The quantitative estimate of drug-likeness (QED) is 0.118. The molecule has 278 valence electrons. The van der Waals surface area contributed by atoms with Gasteiger partial charge in [-0.1, -0.05) is 54.1 Å². The minimum Gasteiger partial charge on any atom is -0.744 e. The van der Waals surface area contributed by atoms with E-state index < -0.39 is 73.7 Å². The molecule has 0 saturated carbocycles. The lowest BCUT2D eigenvalue weighted by molar-refractivity contribution is -0.191. The van der Waals surface area contributed by atoms with Crippen molar-refractivity contribution in [3.05, 3.63) is 118 Å². The van der Waals surface area contributed by atoms with Crippen LogP contribution in [0.4, 0.5) is 65.9 Å². The van der Waals surface area contributed by atoms with Gasteiger partial charge < -0.3 is 4.55 Å². The average molecular weight is 789 g/mol. The molecule has 0 bridgehead atoms. The Morgan fingerprint density at radius 3 is 1.08 bits per heavy atom. The molecular formula is C31H19F15O3S2.